The van der Waals surface area contributed by atoms with Crippen molar-refractivity contribution >= 4 is 15.9 Å². The number of hydrogen-bond acceptors (Lipinski definition) is 1. The van der Waals surface area contributed by atoms with Gasteiger partial charge in [0.05, 0.1) is 11.6 Å². The molecule has 1 rings (SSSR count). The number of benzene rings is 1. The van der Waals surface area contributed by atoms with Crippen molar-refractivity contribution < 1.29 is 0 Å². The van der Waals surface area contributed by atoms with Gasteiger partial charge in [0.15, 0.2) is 0 Å². The summed E-state index contributed by atoms with van der Waals surface area (Å²) in [7, 11) is 0. The van der Waals surface area contributed by atoms with Crippen LogP contribution in [0, 0.1) is 11.3 Å². The second-order valence-corrected chi connectivity index (χ2v) is 2.91. The van der Waals surface area contributed by atoms with Crippen LogP contribution >= 0.6 is 15.9 Å². The van der Waals surface area contributed by atoms with Gasteiger partial charge < -0.3 is 0 Å². The molecule has 0 fully saturated rings. The van der Waals surface area contributed by atoms with Gasteiger partial charge >= 0.3 is 0 Å². The van der Waals surface area contributed by atoms with Gasteiger partial charge in [0.1, 0.15) is 0 Å². The first kappa shape index (κ1) is 9.02. The molecule has 0 aliphatic carbocycles. The largest absolute Gasteiger partial charge is 0.192 e. The van der Waals surface area contributed by atoms with E-state index in [-0.39, 0.29) is 0 Å². The van der Waals surface area contributed by atoms with Gasteiger partial charge in [-0.05, 0) is 29.1 Å². The summed E-state index contributed by atoms with van der Waals surface area (Å²) in [6.07, 6.45) is 2.86. The van der Waals surface area contributed by atoms with Gasteiger partial charge in [-0.25, -0.2) is 0 Å². The minimum absolute atomic E-state index is 0.718. The predicted octanol–water partition coefficient (Wildman–Crippen LogP) is 3.01. The van der Waals surface area contributed by atoms with Crippen LogP contribution in [-0.4, -0.2) is 0 Å². The van der Waals surface area contributed by atoms with Gasteiger partial charge in [-0.15, -0.1) is 0 Å². The summed E-state index contributed by atoms with van der Waals surface area (Å²) < 4.78 is 0. The van der Waals surface area contributed by atoms with Gasteiger partial charge in [-0.1, -0.05) is 34.1 Å². The maximum atomic E-state index is 8.61. The van der Waals surface area contributed by atoms with E-state index in [4.69, 9.17) is 5.26 Å². The van der Waals surface area contributed by atoms with Gasteiger partial charge in [0, 0.05) is 0 Å². The second kappa shape index (κ2) is 4.74. The maximum absolute atomic E-state index is 8.61. The van der Waals surface area contributed by atoms with Crippen molar-refractivity contribution in [1.29, 1.82) is 5.26 Å². The van der Waals surface area contributed by atoms with Gasteiger partial charge in [0.25, 0.3) is 0 Å². The Morgan fingerprint density at radius 1 is 1.50 bits per heavy atom. The summed E-state index contributed by atoms with van der Waals surface area (Å²) in [5, 5.41) is 8.61. The highest BCUT2D eigenvalue weighted by Gasteiger charge is 1.91. The van der Waals surface area contributed by atoms with E-state index in [0.717, 1.165) is 17.5 Å². The molecule has 0 N–H and O–H groups in total. The molecule has 2 heteroatoms. The lowest BCUT2D eigenvalue weighted by Crippen LogP contribution is -1.81. The molecule has 0 saturated heterocycles. The number of halogens is 1. The average molecular weight is 222 g/mol. The van der Waals surface area contributed by atoms with Crippen LogP contribution < -0.4 is 0 Å². The van der Waals surface area contributed by atoms with E-state index in [1.165, 1.54) is 0 Å². The topological polar surface area (TPSA) is 23.8 Å². The molecule has 0 unspecified atom stereocenters. The number of allylic oxidation sites excluding steroid dienone is 1. The number of nitriles is 1. The quantitative estimate of drug-likeness (QED) is 0.754. The van der Waals surface area contributed by atoms with Crippen LogP contribution in [0.4, 0.5) is 0 Å². The highest BCUT2D eigenvalue weighted by Crippen LogP contribution is 2.05. The van der Waals surface area contributed by atoms with E-state index in [0.29, 0.717) is 0 Å². The SMILES string of the molecule is N#Cc1cccc(CC=CBr)c1. The molecular weight excluding hydrogens is 214 g/mol. The van der Waals surface area contributed by atoms with Crippen LogP contribution in [0.2, 0.25) is 0 Å². The third kappa shape index (κ3) is 2.52. The Balaban J connectivity index is 2.81. The zero-order chi connectivity index (χ0) is 8.81. The van der Waals surface area contributed by atoms with Crippen molar-refractivity contribution in [2.24, 2.45) is 0 Å². The Morgan fingerprint density at radius 3 is 3.00 bits per heavy atom. The van der Waals surface area contributed by atoms with Crippen molar-refractivity contribution in [3.63, 3.8) is 0 Å². The molecule has 0 heterocycles. The highest BCUT2D eigenvalue weighted by atomic mass is 79.9. The summed E-state index contributed by atoms with van der Waals surface area (Å²) in [6, 6.07) is 9.72. The van der Waals surface area contributed by atoms with Crippen LogP contribution in [0.1, 0.15) is 11.1 Å². The highest BCUT2D eigenvalue weighted by molar-refractivity contribution is 9.11. The summed E-state index contributed by atoms with van der Waals surface area (Å²) in [4.78, 5) is 1.83. The Labute approximate surface area is 80.5 Å². The molecule has 0 radical (unpaired) electrons. The van der Waals surface area contributed by atoms with E-state index in [9.17, 15) is 0 Å². The van der Waals surface area contributed by atoms with Crippen LogP contribution in [0.3, 0.4) is 0 Å². The fourth-order valence-electron chi connectivity index (χ4n) is 0.948. The van der Waals surface area contributed by atoms with E-state index < -0.39 is 0 Å². The molecular formula is C10H8BrN. The third-order valence-electron chi connectivity index (χ3n) is 1.50. The van der Waals surface area contributed by atoms with Crippen LogP contribution in [0.25, 0.3) is 0 Å². The van der Waals surface area contributed by atoms with E-state index in [1.54, 1.807) is 6.07 Å². The van der Waals surface area contributed by atoms with Gasteiger partial charge in [0.2, 0.25) is 0 Å². The van der Waals surface area contributed by atoms with Crippen LogP contribution in [0.15, 0.2) is 35.3 Å². The summed E-state index contributed by atoms with van der Waals surface area (Å²) in [5.41, 5.74) is 1.88. The molecule has 0 atom stereocenters. The molecule has 0 aromatic heterocycles. The zero-order valence-electron chi connectivity index (χ0n) is 6.50. The standard InChI is InChI=1S/C10H8BrN/c11-6-2-5-9-3-1-4-10(7-9)8-12/h1-4,6-7H,5H2. The summed E-state index contributed by atoms with van der Waals surface area (Å²) in [6.45, 7) is 0. The molecule has 12 heavy (non-hydrogen) atoms. The monoisotopic (exact) mass is 221 g/mol. The average Bonchev–Trinajstić information content (AvgIpc) is 2.15. The van der Waals surface area contributed by atoms with Gasteiger partial charge in [-0.2, -0.15) is 5.26 Å². The van der Waals surface area contributed by atoms with Crippen molar-refractivity contribution in [2.75, 3.05) is 0 Å². The Kier molecular flexibility index (Phi) is 3.56. The maximum Gasteiger partial charge on any atom is 0.0991 e. The molecule has 1 aromatic carbocycles. The lowest BCUT2D eigenvalue weighted by atomic mass is 10.1. The zero-order valence-corrected chi connectivity index (χ0v) is 8.08. The Hall–Kier alpha value is -1.07. The van der Waals surface area contributed by atoms with Crippen molar-refractivity contribution in [3.05, 3.63) is 46.5 Å². The number of nitrogens with zero attached hydrogens (tertiary/aromatic N) is 1. The third-order valence-corrected chi connectivity index (χ3v) is 1.87. The minimum atomic E-state index is 0.718. The first-order valence-electron chi connectivity index (χ1n) is 3.61. The van der Waals surface area contributed by atoms with Crippen LogP contribution in [0.5, 0.6) is 0 Å². The molecule has 0 spiro atoms. The molecule has 0 amide bonds. The van der Waals surface area contributed by atoms with E-state index in [1.807, 2.05) is 29.3 Å². The summed E-state index contributed by atoms with van der Waals surface area (Å²) >= 11 is 3.20. The first-order chi connectivity index (χ1) is 5.86. The lowest BCUT2D eigenvalue weighted by molar-refractivity contribution is 1.27. The molecule has 1 nitrogen and oxygen atoms in total. The van der Waals surface area contributed by atoms with Gasteiger partial charge in [-0.3, -0.25) is 0 Å². The fourth-order valence-corrected chi connectivity index (χ4v) is 1.14. The molecule has 60 valence electrons. The van der Waals surface area contributed by atoms with Crippen molar-refractivity contribution in [3.8, 4) is 6.07 Å². The molecule has 0 aliphatic rings. The number of hydrogen-bond donors (Lipinski definition) is 0. The van der Waals surface area contributed by atoms with E-state index in [2.05, 4.69) is 22.0 Å². The smallest absolute Gasteiger partial charge is 0.0991 e. The minimum Gasteiger partial charge on any atom is -0.192 e. The van der Waals surface area contributed by atoms with Crippen molar-refractivity contribution in [1.82, 2.24) is 0 Å². The fraction of sp³-hybridized carbons (Fsp3) is 0.100. The summed E-state index contributed by atoms with van der Waals surface area (Å²) in [5.74, 6) is 0. The number of rotatable bonds is 2. The Morgan fingerprint density at radius 2 is 2.33 bits per heavy atom. The molecule has 0 bridgehead atoms. The van der Waals surface area contributed by atoms with E-state index >= 15 is 0 Å². The normalized spacial score (nSPS) is 10.0. The molecule has 0 saturated carbocycles. The molecule has 0 aliphatic heterocycles. The lowest BCUT2D eigenvalue weighted by Gasteiger charge is -1.95. The van der Waals surface area contributed by atoms with Crippen molar-refractivity contribution in [2.45, 2.75) is 6.42 Å². The second-order valence-electron chi connectivity index (χ2n) is 2.38. The van der Waals surface area contributed by atoms with Crippen LogP contribution in [-0.2, 0) is 6.42 Å². The molecule has 1 aromatic rings. The first-order valence-corrected chi connectivity index (χ1v) is 4.52. The Bertz CT molecular complexity index is 323. The predicted molar refractivity (Wildman–Crippen MR) is 52.9 cm³/mol.